The molecule has 0 radical (unpaired) electrons. The molecule has 88 valence electrons. The van der Waals surface area contributed by atoms with Gasteiger partial charge in [0.2, 0.25) is 0 Å². The molecule has 0 aromatic carbocycles. The van der Waals surface area contributed by atoms with Crippen LogP contribution >= 0.6 is 15.9 Å². The highest BCUT2D eigenvalue weighted by atomic mass is 79.9. The summed E-state index contributed by atoms with van der Waals surface area (Å²) in [6.45, 7) is 3.35. The smallest absolute Gasteiger partial charge is 0.143 e. The van der Waals surface area contributed by atoms with Gasteiger partial charge in [-0.1, -0.05) is 6.92 Å². The molecule has 1 aliphatic rings. The fourth-order valence-electron chi connectivity index (χ4n) is 2.39. The fourth-order valence-corrected chi connectivity index (χ4v) is 2.97. The molecule has 1 atom stereocenters. The van der Waals surface area contributed by atoms with Gasteiger partial charge in [0.25, 0.3) is 0 Å². The SMILES string of the molecule is CC1CCc2c(Br)nc(-c3cccnc3)n2C1. The van der Waals surface area contributed by atoms with E-state index < -0.39 is 0 Å². The van der Waals surface area contributed by atoms with E-state index in [-0.39, 0.29) is 0 Å². The second-order valence-corrected chi connectivity index (χ2v) is 5.42. The van der Waals surface area contributed by atoms with Gasteiger partial charge in [-0.15, -0.1) is 0 Å². The number of pyridine rings is 1. The topological polar surface area (TPSA) is 30.7 Å². The molecule has 0 aliphatic carbocycles. The van der Waals surface area contributed by atoms with Crippen molar-refractivity contribution in [2.45, 2.75) is 26.3 Å². The van der Waals surface area contributed by atoms with Gasteiger partial charge in [-0.3, -0.25) is 4.98 Å². The van der Waals surface area contributed by atoms with Gasteiger partial charge >= 0.3 is 0 Å². The van der Waals surface area contributed by atoms with Crippen molar-refractivity contribution in [3.05, 3.63) is 34.8 Å². The van der Waals surface area contributed by atoms with Crippen LogP contribution in [-0.4, -0.2) is 14.5 Å². The first-order valence-electron chi connectivity index (χ1n) is 5.91. The first-order valence-corrected chi connectivity index (χ1v) is 6.70. The van der Waals surface area contributed by atoms with Gasteiger partial charge in [-0.25, -0.2) is 4.98 Å². The molecule has 3 nitrogen and oxygen atoms in total. The van der Waals surface area contributed by atoms with Gasteiger partial charge in [-0.2, -0.15) is 0 Å². The molecule has 0 saturated carbocycles. The van der Waals surface area contributed by atoms with Crippen molar-refractivity contribution >= 4 is 15.9 Å². The fraction of sp³-hybridized carbons (Fsp3) is 0.385. The van der Waals surface area contributed by atoms with E-state index in [0.717, 1.165) is 34.9 Å². The summed E-state index contributed by atoms with van der Waals surface area (Å²) in [5, 5.41) is 0. The highest BCUT2D eigenvalue weighted by Gasteiger charge is 2.22. The van der Waals surface area contributed by atoms with Crippen LogP contribution in [0.5, 0.6) is 0 Å². The molecule has 0 bridgehead atoms. The Balaban J connectivity index is 2.13. The number of nitrogens with zero attached hydrogens (tertiary/aromatic N) is 3. The normalized spacial score (nSPS) is 19.1. The molecule has 0 fully saturated rings. The van der Waals surface area contributed by atoms with Crippen molar-refractivity contribution < 1.29 is 0 Å². The molecule has 1 aliphatic heterocycles. The van der Waals surface area contributed by atoms with Crippen LogP contribution in [0.2, 0.25) is 0 Å². The first kappa shape index (κ1) is 11.0. The zero-order valence-corrected chi connectivity index (χ0v) is 11.3. The number of fused-ring (bicyclic) bond motifs is 1. The average molecular weight is 292 g/mol. The second-order valence-electron chi connectivity index (χ2n) is 4.67. The number of imidazole rings is 1. The third-order valence-corrected chi connectivity index (χ3v) is 3.95. The highest BCUT2D eigenvalue weighted by Crippen LogP contribution is 2.31. The molecule has 0 spiro atoms. The lowest BCUT2D eigenvalue weighted by atomic mass is 10.0. The summed E-state index contributed by atoms with van der Waals surface area (Å²) in [6.07, 6.45) is 6.02. The third kappa shape index (κ3) is 1.90. The minimum absolute atomic E-state index is 0.721. The molecule has 4 heteroatoms. The molecule has 3 rings (SSSR count). The van der Waals surface area contributed by atoms with Crippen LogP contribution in [0.15, 0.2) is 29.1 Å². The summed E-state index contributed by atoms with van der Waals surface area (Å²) in [5.74, 6) is 1.76. The Kier molecular flexibility index (Phi) is 2.74. The molecule has 2 aromatic rings. The van der Waals surface area contributed by atoms with Gasteiger partial charge in [-0.05, 0) is 46.8 Å². The average Bonchev–Trinajstić information content (AvgIpc) is 2.67. The Morgan fingerprint density at radius 1 is 1.47 bits per heavy atom. The molecule has 17 heavy (non-hydrogen) atoms. The largest absolute Gasteiger partial charge is 0.327 e. The summed E-state index contributed by atoms with van der Waals surface area (Å²) >= 11 is 3.57. The number of hydrogen-bond donors (Lipinski definition) is 0. The Labute approximate surface area is 109 Å². The first-order chi connectivity index (χ1) is 8.25. The van der Waals surface area contributed by atoms with Crippen molar-refractivity contribution in [1.82, 2.24) is 14.5 Å². The van der Waals surface area contributed by atoms with E-state index in [1.54, 1.807) is 6.20 Å². The molecule has 3 heterocycles. The van der Waals surface area contributed by atoms with Crippen LogP contribution in [0, 0.1) is 5.92 Å². The zero-order chi connectivity index (χ0) is 11.8. The number of aromatic nitrogens is 3. The Bertz CT molecular complexity index is 533. The third-order valence-electron chi connectivity index (χ3n) is 3.31. The van der Waals surface area contributed by atoms with Crippen LogP contribution in [0.3, 0.4) is 0 Å². The van der Waals surface area contributed by atoms with Gasteiger partial charge in [0.1, 0.15) is 10.4 Å². The van der Waals surface area contributed by atoms with E-state index in [2.05, 4.69) is 43.5 Å². The van der Waals surface area contributed by atoms with Gasteiger partial charge < -0.3 is 4.57 Å². The van der Waals surface area contributed by atoms with Crippen molar-refractivity contribution in [2.75, 3.05) is 0 Å². The van der Waals surface area contributed by atoms with E-state index in [4.69, 9.17) is 0 Å². The quantitative estimate of drug-likeness (QED) is 0.807. The van der Waals surface area contributed by atoms with Crippen LogP contribution < -0.4 is 0 Å². The molecule has 1 unspecified atom stereocenters. The van der Waals surface area contributed by atoms with Gasteiger partial charge in [0.15, 0.2) is 0 Å². The number of halogens is 1. The number of hydrogen-bond acceptors (Lipinski definition) is 2. The van der Waals surface area contributed by atoms with Crippen LogP contribution in [0.4, 0.5) is 0 Å². The molecular weight excluding hydrogens is 278 g/mol. The van der Waals surface area contributed by atoms with E-state index in [1.807, 2.05) is 12.3 Å². The zero-order valence-electron chi connectivity index (χ0n) is 9.73. The standard InChI is InChI=1S/C13H14BrN3/c1-9-4-5-11-12(14)16-13(17(11)8-9)10-3-2-6-15-7-10/h2-3,6-7,9H,4-5,8H2,1H3. The van der Waals surface area contributed by atoms with E-state index in [0.29, 0.717) is 0 Å². The lowest BCUT2D eigenvalue weighted by Gasteiger charge is -2.22. The molecule has 0 saturated heterocycles. The van der Waals surface area contributed by atoms with Crippen LogP contribution in [0.1, 0.15) is 19.0 Å². The Morgan fingerprint density at radius 2 is 2.35 bits per heavy atom. The van der Waals surface area contributed by atoms with E-state index in [1.165, 1.54) is 12.1 Å². The minimum Gasteiger partial charge on any atom is -0.327 e. The van der Waals surface area contributed by atoms with E-state index in [9.17, 15) is 0 Å². The lowest BCUT2D eigenvalue weighted by Crippen LogP contribution is -2.18. The maximum Gasteiger partial charge on any atom is 0.143 e. The summed E-state index contributed by atoms with van der Waals surface area (Å²) in [5.41, 5.74) is 2.41. The van der Waals surface area contributed by atoms with Crippen molar-refractivity contribution in [3.8, 4) is 11.4 Å². The van der Waals surface area contributed by atoms with Crippen molar-refractivity contribution in [3.63, 3.8) is 0 Å². The van der Waals surface area contributed by atoms with Crippen molar-refractivity contribution in [1.29, 1.82) is 0 Å². The summed E-state index contributed by atoms with van der Waals surface area (Å²) in [7, 11) is 0. The summed E-state index contributed by atoms with van der Waals surface area (Å²) < 4.78 is 3.32. The molecule has 2 aromatic heterocycles. The molecular formula is C13H14BrN3. The second kappa shape index (κ2) is 4.26. The maximum atomic E-state index is 4.64. The summed E-state index contributed by atoms with van der Waals surface area (Å²) in [6, 6.07) is 4.02. The minimum atomic E-state index is 0.721. The monoisotopic (exact) mass is 291 g/mol. The van der Waals surface area contributed by atoms with Crippen LogP contribution in [0.25, 0.3) is 11.4 Å². The Hall–Kier alpha value is -1.16. The van der Waals surface area contributed by atoms with Gasteiger partial charge in [0.05, 0.1) is 5.69 Å². The number of rotatable bonds is 1. The van der Waals surface area contributed by atoms with Gasteiger partial charge in [0, 0.05) is 24.5 Å². The van der Waals surface area contributed by atoms with Crippen LogP contribution in [-0.2, 0) is 13.0 Å². The Morgan fingerprint density at radius 3 is 3.12 bits per heavy atom. The highest BCUT2D eigenvalue weighted by molar-refractivity contribution is 9.10. The molecule has 0 amide bonds. The lowest BCUT2D eigenvalue weighted by molar-refractivity contribution is 0.401. The van der Waals surface area contributed by atoms with Crippen molar-refractivity contribution in [2.24, 2.45) is 5.92 Å². The van der Waals surface area contributed by atoms with E-state index >= 15 is 0 Å². The summed E-state index contributed by atoms with van der Waals surface area (Å²) in [4.78, 5) is 8.81. The maximum absolute atomic E-state index is 4.64. The predicted octanol–water partition coefficient (Wildman–Crippen LogP) is 3.29. The molecule has 0 N–H and O–H groups in total. The predicted molar refractivity (Wildman–Crippen MR) is 70.6 cm³/mol.